The van der Waals surface area contributed by atoms with E-state index in [0.29, 0.717) is 11.3 Å². The second-order valence-corrected chi connectivity index (χ2v) is 9.13. The van der Waals surface area contributed by atoms with E-state index in [1.807, 2.05) is 0 Å². The van der Waals surface area contributed by atoms with Gasteiger partial charge in [-0.3, -0.25) is 4.79 Å². The highest BCUT2D eigenvalue weighted by Gasteiger charge is 2.41. The summed E-state index contributed by atoms with van der Waals surface area (Å²) >= 11 is 0. The molecule has 0 aliphatic carbocycles. The van der Waals surface area contributed by atoms with Crippen LogP contribution in [0.4, 0.5) is 4.39 Å². The Bertz CT molecular complexity index is 1060. The number of ether oxygens (including phenoxy) is 1. The fourth-order valence-electron chi connectivity index (χ4n) is 3.67. The molecule has 0 saturated heterocycles. The summed E-state index contributed by atoms with van der Waals surface area (Å²) in [6, 6.07) is 0.921. The average molecular weight is 396 g/mol. The summed E-state index contributed by atoms with van der Waals surface area (Å²) in [6.45, 7) is 4.63. The Morgan fingerprint density at radius 2 is 2.04 bits per heavy atom. The number of fused-ring (bicyclic) bond motifs is 1. The second kappa shape index (κ2) is 6.42. The molecule has 1 aliphatic heterocycles. The third kappa shape index (κ3) is 2.76. The molecular formula is C18H21FN2O5S. The zero-order valence-corrected chi connectivity index (χ0v) is 16.5. The molecule has 1 aliphatic rings. The number of hydrogen-bond donors (Lipinski definition) is 1. The predicted octanol–water partition coefficient (Wildman–Crippen LogP) is 2.37. The molecule has 1 N–H and O–H groups in total. The van der Waals surface area contributed by atoms with Crippen LogP contribution in [0.3, 0.4) is 0 Å². The van der Waals surface area contributed by atoms with E-state index >= 15 is 0 Å². The standard InChI is InChI=1S/C18H21FN2O5S/c1-8-6-13(26-5)14-9(2)11(7-12(19)17(14)27(8,24)25)16(22)15-10(3)20-21(4)18(15)23/h7-8,13,23H,6H2,1-5H3. The Morgan fingerprint density at radius 1 is 1.41 bits per heavy atom. The number of carbonyl (C=O) groups excluding carboxylic acids is 1. The molecule has 0 saturated carbocycles. The molecule has 2 heterocycles. The molecule has 146 valence electrons. The maximum absolute atomic E-state index is 14.9. The summed E-state index contributed by atoms with van der Waals surface area (Å²) in [7, 11) is -0.969. The number of aryl methyl sites for hydroxylation is 2. The third-order valence-corrected chi connectivity index (χ3v) is 7.41. The van der Waals surface area contributed by atoms with Crippen molar-refractivity contribution >= 4 is 15.6 Å². The Labute approximate surface area is 156 Å². The third-order valence-electron chi connectivity index (χ3n) is 5.17. The molecule has 1 aromatic carbocycles. The molecule has 2 aromatic rings. The minimum absolute atomic E-state index is 0.0237. The van der Waals surface area contributed by atoms with Gasteiger partial charge in [0.1, 0.15) is 16.3 Å². The van der Waals surface area contributed by atoms with Crippen molar-refractivity contribution in [3.63, 3.8) is 0 Å². The first-order valence-corrected chi connectivity index (χ1v) is 9.93. The van der Waals surface area contributed by atoms with Gasteiger partial charge >= 0.3 is 0 Å². The summed E-state index contributed by atoms with van der Waals surface area (Å²) in [5.74, 6) is -1.95. The molecule has 2 unspecified atom stereocenters. The first-order chi connectivity index (χ1) is 12.5. The van der Waals surface area contributed by atoms with Gasteiger partial charge in [-0.1, -0.05) is 0 Å². The molecule has 0 spiro atoms. The topological polar surface area (TPSA) is 98.5 Å². The number of aromatic hydroxyl groups is 1. The van der Waals surface area contributed by atoms with E-state index in [1.165, 1.54) is 21.1 Å². The maximum atomic E-state index is 14.9. The van der Waals surface area contributed by atoms with Crippen molar-refractivity contribution < 1.29 is 27.4 Å². The number of rotatable bonds is 3. The van der Waals surface area contributed by atoms with E-state index in [9.17, 15) is 22.7 Å². The lowest BCUT2D eigenvalue weighted by Crippen LogP contribution is -2.31. The van der Waals surface area contributed by atoms with E-state index in [0.717, 1.165) is 10.7 Å². The molecule has 3 rings (SSSR count). The Kier molecular flexibility index (Phi) is 4.63. The zero-order valence-electron chi connectivity index (χ0n) is 15.7. The van der Waals surface area contributed by atoms with Crippen molar-refractivity contribution in [3.05, 3.63) is 39.8 Å². The van der Waals surface area contributed by atoms with Crippen LogP contribution in [0.15, 0.2) is 11.0 Å². The number of sulfone groups is 1. The lowest BCUT2D eigenvalue weighted by atomic mass is 9.91. The quantitative estimate of drug-likeness (QED) is 0.800. The molecule has 9 heteroatoms. The van der Waals surface area contributed by atoms with Gasteiger partial charge in [0, 0.05) is 25.3 Å². The number of nitrogens with zero attached hydrogens (tertiary/aromatic N) is 2. The van der Waals surface area contributed by atoms with E-state index in [2.05, 4.69) is 5.10 Å². The lowest BCUT2D eigenvalue weighted by Gasteiger charge is -2.31. The van der Waals surface area contributed by atoms with Crippen LogP contribution in [-0.4, -0.2) is 41.4 Å². The van der Waals surface area contributed by atoms with Crippen LogP contribution < -0.4 is 0 Å². The van der Waals surface area contributed by atoms with Gasteiger partial charge in [-0.15, -0.1) is 0 Å². The molecule has 1 aromatic heterocycles. The summed E-state index contributed by atoms with van der Waals surface area (Å²) in [6.07, 6.45) is -0.481. The van der Waals surface area contributed by atoms with Crippen molar-refractivity contribution in [2.45, 2.75) is 43.4 Å². The number of halogens is 1. The highest BCUT2D eigenvalue weighted by molar-refractivity contribution is 7.92. The number of carbonyl (C=O) groups is 1. The molecule has 0 radical (unpaired) electrons. The van der Waals surface area contributed by atoms with Crippen LogP contribution in [0.2, 0.25) is 0 Å². The van der Waals surface area contributed by atoms with E-state index in [-0.39, 0.29) is 29.0 Å². The van der Waals surface area contributed by atoms with Crippen LogP contribution in [0, 0.1) is 19.7 Å². The second-order valence-electron chi connectivity index (χ2n) is 6.83. The van der Waals surface area contributed by atoms with Gasteiger partial charge < -0.3 is 9.84 Å². The largest absolute Gasteiger partial charge is 0.493 e. The van der Waals surface area contributed by atoms with Crippen molar-refractivity contribution in [2.24, 2.45) is 7.05 Å². The summed E-state index contributed by atoms with van der Waals surface area (Å²) in [5.41, 5.74) is 0.717. The van der Waals surface area contributed by atoms with E-state index in [4.69, 9.17) is 4.74 Å². The van der Waals surface area contributed by atoms with Gasteiger partial charge in [-0.05, 0) is 38.8 Å². The summed E-state index contributed by atoms with van der Waals surface area (Å²) < 4.78 is 46.8. The molecule has 2 atom stereocenters. The number of benzene rings is 1. The van der Waals surface area contributed by atoms with Gasteiger partial charge in [0.2, 0.25) is 11.7 Å². The minimum atomic E-state index is -3.87. The fourth-order valence-corrected chi connectivity index (χ4v) is 5.42. The van der Waals surface area contributed by atoms with Gasteiger partial charge in [0.15, 0.2) is 9.84 Å². The highest BCUT2D eigenvalue weighted by atomic mass is 32.2. The van der Waals surface area contributed by atoms with Crippen molar-refractivity contribution in [1.29, 1.82) is 0 Å². The molecule has 0 amide bonds. The lowest BCUT2D eigenvalue weighted by molar-refractivity contribution is 0.0891. The number of hydrogen-bond acceptors (Lipinski definition) is 6. The van der Waals surface area contributed by atoms with Crippen molar-refractivity contribution in [3.8, 4) is 5.88 Å². The van der Waals surface area contributed by atoms with Gasteiger partial charge in [-0.25, -0.2) is 17.5 Å². The molecule has 0 bridgehead atoms. The Balaban J connectivity index is 2.30. The normalized spacial score (nSPS) is 21.1. The first-order valence-electron chi connectivity index (χ1n) is 8.39. The highest BCUT2D eigenvalue weighted by Crippen LogP contribution is 2.42. The van der Waals surface area contributed by atoms with Gasteiger partial charge in [0.05, 0.1) is 17.0 Å². The van der Waals surface area contributed by atoms with Crippen molar-refractivity contribution in [1.82, 2.24) is 9.78 Å². The van der Waals surface area contributed by atoms with Crippen LogP contribution in [-0.2, 0) is 21.6 Å². The first kappa shape index (κ1) is 19.5. The summed E-state index contributed by atoms with van der Waals surface area (Å²) in [5, 5.41) is 13.3. The van der Waals surface area contributed by atoms with Crippen LogP contribution in [0.1, 0.15) is 52.2 Å². The minimum Gasteiger partial charge on any atom is -0.493 e. The zero-order chi connectivity index (χ0) is 20.3. The average Bonchev–Trinajstić information content (AvgIpc) is 2.84. The number of ketones is 1. The molecule has 0 fully saturated rings. The van der Waals surface area contributed by atoms with Gasteiger partial charge in [-0.2, -0.15) is 5.10 Å². The SMILES string of the molecule is COC1CC(C)S(=O)(=O)c2c(F)cc(C(=O)c3c(C)nn(C)c3O)c(C)c21. The van der Waals surface area contributed by atoms with Gasteiger partial charge in [0.25, 0.3) is 0 Å². The number of aromatic nitrogens is 2. The maximum Gasteiger partial charge on any atom is 0.220 e. The van der Waals surface area contributed by atoms with Crippen LogP contribution in [0.5, 0.6) is 5.88 Å². The molecule has 7 nitrogen and oxygen atoms in total. The summed E-state index contributed by atoms with van der Waals surface area (Å²) in [4.78, 5) is 12.6. The Morgan fingerprint density at radius 3 is 2.56 bits per heavy atom. The molecular weight excluding hydrogens is 375 g/mol. The molecule has 27 heavy (non-hydrogen) atoms. The van der Waals surface area contributed by atoms with Crippen molar-refractivity contribution in [2.75, 3.05) is 7.11 Å². The number of methoxy groups -OCH3 is 1. The Hall–Kier alpha value is -2.26. The van der Waals surface area contributed by atoms with Crippen LogP contribution >= 0.6 is 0 Å². The fraction of sp³-hybridized carbons (Fsp3) is 0.444. The van der Waals surface area contributed by atoms with Crippen LogP contribution in [0.25, 0.3) is 0 Å². The monoisotopic (exact) mass is 396 g/mol. The predicted molar refractivity (Wildman–Crippen MR) is 95.2 cm³/mol. The smallest absolute Gasteiger partial charge is 0.220 e. The van der Waals surface area contributed by atoms with E-state index < -0.39 is 37.7 Å². The van der Waals surface area contributed by atoms with E-state index in [1.54, 1.807) is 13.8 Å².